The monoisotopic (exact) mass is 224 g/mol. The lowest BCUT2D eigenvalue weighted by Crippen LogP contribution is -2.32. The standard InChI is InChI=1S/C11H16N2OS/c1-2-3-4-5-9-10(14)13(8-6-7-8)11(15)12-9/h5,8H,2-4,6-7H2,1H3,(H,12,15)/b9-5+. The minimum absolute atomic E-state index is 0.0682. The number of amides is 1. The Morgan fingerprint density at radius 1 is 1.60 bits per heavy atom. The van der Waals surface area contributed by atoms with E-state index in [0.29, 0.717) is 16.9 Å². The number of nitrogens with one attached hydrogen (secondary N) is 1. The molecule has 0 unspecified atom stereocenters. The van der Waals surface area contributed by atoms with E-state index in [1.54, 1.807) is 4.90 Å². The molecule has 0 aromatic rings. The molecule has 4 heteroatoms. The SMILES string of the molecule is CCCC/C=C1/NC(=S)N(C2CC2)C1=O. The number of carbonyl (C=O) groups is 1. The first-order valence-electron chi connectivity index (χ1n) is 5.58. The fraction of sp³-hybridized carbons (Fsp3) is 0.636. The van der Waals surface area contributed by atoms with Crippen molar-refractivity contribution in [1.82, 2.24) is 10.2 Å². The van der Waals surface area contributed by atoms with Crippen LogP contribution in [0, 0.1) is 0 Å². The van der Waals surface area contributed by atoms with Crippen molar-refractivity contribution in [1.29, 1.82) is 0 Å². The van der Waals surface area contributed by atoms with Crippen LogP contribution in [0.15, 0.2) is 11.8 Å². The number of hydrogen-bond donors (Lipinski definition) is 1. The van der Waals surface area contributed by atoms with Gasteiger partial charge in [-0.25, -0.2) is 0 Å². The molecule has 0 aromatic carbocycles. The topological polar surface area (TPSA) is 32.3 Å². The van der Waals surface area contributed by atoms with Gasteiger partial charge in [0.15, 0.2) is 5.11 Å². The third kappa shape index (κ3) is 2.20. The van der Waals surface area contributed by atoms with Gasteiger partial charge in [0.05, 0.1) is 0 Å². The molecule has 0 bridgehead atoms. The molecule has 0 aromatic heterocycles. The normalized spacial score (nSPS) is 23.8. The molecule has 15 heavy (non-hydrogen) atoms. The van der Waals surface area contributed by atoms with Gasteiger partial charge in [0.25, 0.3) is 5.91 Å². The van der Waals surface area contributed by atoms with Gasteiger partial charge in [-0.1, -0.05) is 19.4 Å². The second-order valence-corrected chi connectivity index (χ2v) is 4.48. The maximum absolute atomic E-state index is 11.9. The van der Waals surface area contributed by atoms with Crippen LogP contribution in [0.2, 0.25) is 0 Å². The second-order valence-electron chi connectivity index (χ2n) is 4.10. The van der Waals surface area contributed by atoms with Gasteiger partial charge in [-0.2, -0.15) is 0 Å². The van der Waals surface area contributed by atoms with Gasteiger partial charge in [-0.3, -0.25) is 9.69 Å². The van der Waals surface area contributed by atoms with Crippen molar-refractivity contribution in [2.45, 2.75) is 45.1 Å². The van der Waals surface area contributed by atoms with E-state index in [-0.39, 0.29) is 5.91 Å². The summed E-state index contributed by atoms with van der Waals surface area (Å²) in [5.41, 5.74) is 0.681. The molecule has 0 radical (unpaired) electrons. The first kappa shape index (κ1) is 10.6. The highest BCUT2D eigenvalue weighted by Crippen LogP contribution is 2.30. The Bertz CT molecular complexity index is 321. The molecule has 0 spiro atoms. The third-order valence-corrected chi connectivity index (χ3v) is 3.03. The van der Waals surface area contributed by atoms with Crippen molar-refractivity contribution < 1.29 is 4.79 Å². The van der Waals surface area contributed by atoms with Crippen molar-refractivity contribution in [2.75, 3.05) is 0 Å². The molecule has 2 fully saturated rings. The van der Waals surface area contributed by atoms with Gasteiger partial charge in [0, 0.05) is 6.04 Å². The molecule has 2 rings (SSSR count). The molecular weight excluding hydrogens is 208 g/mol. The summed E-state index contributed by atoms with van der Waals surface area (Å²) in [6.07, 6.45) is 7.38. The van der Waals surface area contributed by atoms with E-state index in [1.807, 2.05) is 6.08 Å². The predicted octanol–water partition coefficient (Wildman–Crippen LogP) is 1.94. The number of carbonyl (C=O) groups excluding carboxylic acids is 1. The summed E-state index contributed by atoms with van der Waals surface area (Å²) >= 11 is 5.14. The Balaban J connectivity index is 2.00. The summed E-state index contributed by atoms with van der Waals surface area (Å²) in [5.74, 6) is 0.0682. The quantitative estimate of drug-likeness (QED) is 0.450. The number of hydrogen-bond acceptors (Lipinski definition) is 2. The number of unbranched alkanes of at least 4 members (excludes halogenated alkanes) is 2. The van der Waals surface area contributed by atoms with Crippen LogP contribution in [-0.4, -0.2) is 22.0 Å². The average molecular weight is 224 g/mol. The number of thiocarbonyl (C=S) groups is 1. The summed E-state index contributed by atoms with van der Waals surface area (Å²) in [5, 5.41) is 3.59. The van der Waals surface area contributed by atoms with Crippen LogP contribution in [0.3, 0.4) is 0 Å². The minimum atomic E-state index is 0.0682. The highest BCUT2D eigenvalue weighted by molar-refractivity contribution is 7.80. The van der Waals surface area contributed by atoms with Crippen LogP contribution < -0.4 is 5.32 Å². The zero-order chi connectivity index (χ0) is 10.8. The van der Waals surface area contributed by atoms with E-state index in [1.165, 1.54) is 0 Å². The molecule has 0 atom stereocenters. The van der Waals surface area contributed by atoms with Crippen LogP contribution in [0.4, 0.5) is 0 Å². The molecule has 2 aliphatic rings. The lowest BCUT2D eigenvalue weighted by Gasteiger charge is -2.11. The van der Waals surface area contributed by atoms with Crippen molar-refractivity contribution >= 4 is 23.2 Å². The maximum Gasteiger partial charge on any atom is 0.276 e. The lowest BCUT2D eigenvalue weighted by molar-refractivity contribution is -0.122. The first-order chi connectivity index (χ1) is 7.24. The van der Waals surface area contributed by atoms with Gasteiger partial charge in [0.2, 0.25) is 0 Å². The van der Waals surface area contributed by atoms with Crippen molar-refractivity contribution in [3.8, 4) is 0 Å². The Kier molecular flexibility index (Phi) is 3.05. The summed E-state index contributed by atoms with van der Waals surface area (Å²) < 4.78 is 0. The largest absolute Gasteiger partial charge is 0.328 e. The van der Waals surface area contributed by atoms with Crippen molar-refractivity contribution in [3.63, 3.8) is 0 Å². The lowest BCUT2D eigenvalue weighted by atomic mass is 10.2. The van der Waals surface area contributed by atoms with Crippen LogP contribution in [-0.2, 0) is 4.79 Å². The Morgan fingerprint density at radius 3 is 2.93 bits per heavy atom. The smallest absolute Gasteiger partial charge is 0.276 e. The van der Waals surface area contributed by atoms with Crippen LogP contribution in [0.25, 0.3) is 0 Å². The summed E-state index contributed by atoms with van der Waals surface area (Å²) in [7, 11) is 0. The predicted molar refractivity (Wildman–Crippen MR) is 63.2 cm³/mol. The van der Waals surface area contributed by atoms with Crippen LogP contribution in [0.5, 0.6) is 0 Å². The fourth-order valence-corrected chi connectivity index (χ4v) is 2.05. The Morgan fingerprint density at radius 2 is 2.33 bits per heavy atom. The van der Waals surface area contributed by atoms with Gasteiger partial charge in [-0.15, -0.1) is 0 Å². The van der Waals surface area contributed by atoms with Crippen molar-refractivity contribution in [3.05, 3.63) is 11.8 Å². The van der Waals surface area contributed by atoms with E-state index < -0.39 is 0 Å². The second kappa shape index (κ2) is 4.31. The van der Waals surface area contributed by atoms with Gasteiger partial charge >= 0.3 is 0 Å². The highest BCUT2D eigenvalue weighted by atomic mass is 32.1. The molecule has 1 aliphatic carbocycles. The Hall–Kier alpha value is -0.900. The zero-order valence-electron chi connectivity index (χ0n) is 8.95. The summed E-state index contributed by atoms with van der Waals surface area (Å²) in [4.78, 5) is 13.6. The molecular formula is C11H16N2OS. The van der Waals surface area contributed by atoms with Crippen molar-refractivity contribution in [2.24, 2.45) is 0 Å². The van der Waals surface area contributed by atoms with E-state index in [4.69, 9.17) is 12.2 Å². The maximum atomic E-state index is 11.9. The molecule has 1 saturated heterocycles. The van der Waals surface area contributed by atoms with E-state index in [0.717, 1.165) is 32.1 Å². The molecule has 1 N–H and O–H groups in total. The molecule has 1 aliphatic heterocycles. The summed E-state index contributed by atoms with van der Waals surface area (Å²) in [6.45, 7) is 2.14. The minimum Gasteiger partial charge on any atom is -0.328 e. The molecule has 1 amide bonds. The van der Waals surface area contributed by atoms with Gasteiger partial charge in [-0.05, 0) is 37.9 Å². The molecule has 1 saturated carbocycles. The number of rotatable bonds is 4. The van der Waals surface area contributed by atoms with E-state index in [2.05, 4.69) is 12.2 Å². The number of nitrogens with zero attached hydrogens (tertiary/aromatic N) is 1. The van der Waals surface area contributed by atoms with Crippen LogP contribution in [0.1, 0.15) is 39.0 Å². The average Bonchev–Trinajstić information content (AvgIpc) is 2.97. The number of allylic oxidation sites excluding steroid dienone is 1. The fourth-order valence-electron chi connectivity index (χ4n) is 1.70. The third-order valence-electron chi connectivity index (χ3n) is 2.73. The molecule has 1 heterocycles. The highest BCUT2D eigenvalue weighted by Gasteiger charge is 2.40. The van der Waals surface area contributed by atoms with E-state index >= 15 is 0 Å². The Labute approximate surface area is 95.5 Å². The summed E-state index contributed by atoms with van der Waals surface area (Å²) in [6, 6.07) is 0.370. The molecule has 3 nitrogen and oxygen atoms in total. The van der Waals surface area contributed by atoms with Gasteiger partial charge < -0.3 is 5.32 Å². The van der Waals surface area contributed by atoms with E-state index in [9.17, 15) is 4.79 Å². The first-order valence-corrected chi connectivity index (χ1v) is 5.99. The zero-order valence-corrected chi connectivity index (χ0v) is 9.77. The van der Waals surface area contributed by atoms with Gasteiger partial charge in [0.1, 0.15) is 5.70 Å². The molecule has 82 valence electrons. The van der Waals surface area contributed by atoms with Crippen LogP contribution >= 0.6 is 12.2 Å².